The van der Waals surface area contributed by atoms with Gasteiger partial charge in [-0.1, -0.05) is 20.8 Å². The number of hydrogen-bond donors (Lipinski definition) is 1. The van der Waals surface area contributed by atoms with Gasteiger partial charge in [-0.25, -0.2) is 9.37 Å². The summed E-state index contributed by atoms with van der Waals surface area (Å²) in [6.45, 7) is 6.30. The van der Waals surface area contributed by atoms with Gasteiger partial charge in [0.15, 0.2) is 11.6 Å². The average Bonchev–Trinajstić information content (AvgIpc) is 2.21. The van der Waals surface area contributed by atoms with Crippen molar-refractivity contribution in [2.24, 2.45) is 5.41 Å². The first kappa shape index (κ1) is 14.5. The van der Waals surface area contributed by atoms with Crippen molar-refractivity contribution in [3.05, 3.63) is 17.3 Å². The molecule has 1 rings (SSSR count). The van der Waals surface area contributed by atoms with Crippen LogP contribution in [0, 0.1) is 11.2 Å². The van der Waals surface area contributed by atoms with Gasteiger partial charge in [-0.3, -0.25) is 0 Å². The van der Waals surface area contributed by atoms with Gasteiger partial charge in [0.05, 0.1) is 6.20 Å². The van der Waals surface area contributed by atoms with Crippen LogP contribution in [0.4, 0.5) is 10.2 Å². The Morgan fingerprint density at radius 1 is 1.53 bits per heavy atom. The summed E-state index contributed by atoms with van der Waals surface area (Å²) in [5, 5.41) is 3.14. The molecule has 0 aromatic carbocycles. The van der Waals surface area contributed by atoms with Crippen molar-refractivity contribution in [3.8, 4) is 0 Å². The van der Waals surface area contributed by atoms with Crippen molar-refractivity contribution in [2.75, 3.05) is 17.3 Å². The van der Waals surface area contributed by atoms with Crippen LogP contribution in [0.3, 0.4) is 0 Å². The minimum atomic E-state index is -0.482. The highest BCUT2D eigenvalue weighted by Gasteiger charge is 2.25. The molecule has 0 amide bonds. The highest BCUT2D eigenvalue weighted by atomic mass is 35.5. The molecule has 6 heteroatoms. The van der Waals surface area contributed by atoms with Gasteiger partial charge in [0.1, 0.15) is 0 Å². The number of aromatic nitrogens is 2. The van der Waals surface area contributed by atoms with E-state index in [4.69, 9.17) is 11.6 Å². The van der Waals surface area contributed by atoms with Crippen molar-refractivity contribution in [3.63, 3.8) is 0 Å². The maximum atomic E-state index is 13.5. The van der Waals surface area contributed by atoms with Gasteiger partial charge in [0.25, 0.3) is 0 Å². The van der Waals surface area contributed by atoms with E-state index in [1.165, 1.54) is 0 Å². The third-order valence-electron chi connectivity index (χ3n) is 2.40. The molecular weight excluding hydrogens is 261 g/mol. The molecule has 0 aliphatic rings. The van der Waals surface area contributed by atoms with Crippen LogP contribution in [-0.2, 0) is 0 Å². The summed E-state index contributed by atoms with van der Waals surface area (Å²) in [5.41, 5.74) is 0.00682. The lowest BCUT2D eigenvalue weighted by atomic mass is 9.88. The Kier molecular flexibility index (Phi) is 5.01. The molecule has 0 saturated carbocycles. The standard InChI is InChI=1S/C11H17ClFN3S/c1-11(2,3)8(6-17-4)15-9-7(13)5-14-10(12)16-9/h5,8H,6H2,1-4H3,(H,14,15,16)/t8-/m1/s1. The summed E-state index contributed by atoms with van der Waals surface area (Å²) >= 11 is 7.36. The monoisotopic (exact) mass is 277 g/mol. The van der Waals surface area contributed by atoms with Gasteiger partial charge in [0, 0.05) is 11.8 Å². The Labute approximate surface area is 111 Å². The van der Waals surface area contributed by atoms with Crippen LogP contribution >= 0.6 is 23.4 Å². The second-order valence-corrected chi connectivity index (χ2v) is 6.10. The van der Waals surface area contributed by atoms with Crippen molar-refractivity contribution in [1.82, 2.24) is 9.97 Å². The van der Waals surface area contributed by atoms with Gasteiger partial charge in [-0.15, -0.1) is 0 Å². The molecule has 0 saturated heterocycles. The third-order valence-corrected chi connectivity index (χ3v) is 3.25. The summed E-state index contributed by atoms with van der Waals surface area (Å²) in [4.78, 5) is 7.46. The van der Waals surface area contributed by atoms with Crippen LogP contribution in [0.2, 0.25) is 5.28 Å². The molecule has 17 heavy (non-hydrogen) atoms. The van der Waals surface area contributed by atoms with E-state index in [0.717, 1.165) is 11.9 Å². The maximum Gasteiger partial charge on any atom is 0.224 e. The quantitative estimate of drug-likeness (QED) is 0.856. The van der Waals surface area contributed by atoms with Crippen LogP contribution in [0.25, 0.3) is 0 Å². The van der Waals surface area contributed by atoms with E-state index < -0.39 is 5.82 Å². The normalized spacial score (nSPS) is 13.5. The Hall–Kier alpha value is -0.550. The summed E-state index contributed by atoms with van der Waals surface area (Å²) in [6, 6.07) is 0.109. The zero-order chi connectivity index (χ0) is 13.1. The molecule has 96 valence electrons. The molecule has 0 spiro atoms. The summed E-state index contributed by atoms with van der Waals surface area (Å²) in [7, 11) is 0. The predicted octanol–water partition coefficient (Wildman–Crippen LogP) is 3.46. The zero-order valence-corrected chi connectivity index (χ0v) is 12.0. The molecule has 0 bridgehead atoms. The largest absolute Gasteiger partial charge is 0.363 e. The maximum absolute atomic E-state index is 13.5. The topological polar surface area (TPSA) is 37.8 Å². The molecule has 1 aromatic rings. The lowest BCUT2D eigenvalue weighted by Crippen LogP contribution is -2.36. The van der Waals surface area contributed by atoms with Gasteiger partial charge in [-0.05, 0) is 23.3 Å². The van der Waals surface area contributed by atoms with Gasteiger partial charge in [-0.2, -0.15) is 16.7 Å². The third kappa shape index (κ3) is 4.32. The summed E-state index contributed by atoms with van der Waals surface area (Å²) < 4.78 is 13.5. The van der Waals surface area contributed by atoms with Crippen LogP contribution < -0.4 is 5.32 Å². The molecule has 0 aliphatic carbocycles. The highest BCUT2D eigenvalue weighted by Crippen LogP contribution is 2.26. The Morgan fingerprint density at radius 3 is 2.71 bits per heavy atom. The second kappa shape index (κ2) is 5.87. The van der Waals surface area contributed by atoms with Crippen LogP contribution in [0.1, 0.15) is 20.8 Å². The Bertz CT molecular complexity index is 381. The molecule has 1 heterocycles. The number of anilines is 1. The Morgan fingerprint density at radius 2 is 2.18 bits per heavy atom. The number of halogens is 2. The van der Waals surface area contributed by atoms with E-state index in [2.05, 4.69) is 36.1 Å². The molecule has 1 aromatic heterocycles. The summed E-state index contributed by atoms with van der Waals surface area (Å²) in [5.74, 6) is 0.550. The number of rotatable bonds is 4. The first-order valence-electron chi connectivity index (χ1n) is 5.28. The first-order chi connectivity index (χ1) is 7.84. The first-order valence-corrected chi connectivity index (χ1v) is 7.05. The molecular formula is C11H17ClFN3S. The average molecular weight is 278 g/mol. The molecule has 3 nitrogen and oxygen atoms in total. The van der Waals surface area contributed by atoms with Gasteiger partial charge in [0.2, 0.25) is 5.28 Å². The lowest BCUT2D eigenvalue weighted by molar-refractivity contribution is 0.362. The van der Waals surface area contributed by atoms with E-state index in [1.807, 2.05) is 6.26 Å². The fraction of sp³-hybridized carbons (Fsp3) is 0.636. The number of thioether (sulfide) groups is 1. The minimum Gasteiger partial charge on any atom is -0.363 e. The number of hydrogen-bond acceptors (Lipinski definition) is 4. The van der Waals surface area contributed by atoms with Crippen molar-refractivity contribution in [1.29, 1.82) is 0 Å². The zero-order valence-electron chi connectivity index (χ0n) is 10.4. The van der Waals surface area contributed by atoms with Crippen LogP contribution in [-0.4, -0.2) is 28.0 Å². The SMILES string of the molecule is CSC[C@@H](Nc1nc(Cl)ncc1F)C(C)(C)C. The second-order valence-electron chi connectivity index (χ2n) is 4.85. The van der Waals surface area contributed by atoms with E-state index in [1.54, 1.807) is 11.8 Å². The number of nitrogens with one attached hydrogen (secondary N) is 1. The van der Waals surface area contributed by atoms with E-state index in [0.29, 0.717) is 0 Å². The van der Waals surface area contributed by atoms with E-state index in [9.17, 15) is 4.39 Å². The lowest BCUT2D eigenvalue weighted by Gasteiger charge is -2.31. The fourth-order valence-electron chi connectivity index (χ4n) is 1.29. The smallest absolute Gasteiger partial charge is 0.224 e. The van der Waals surface area contributed by atoms with Crippen molar-refractivity contribution < 1.29 is 4.39 Å². The molecule has 0 radical (unpaired) electrons. The molecule has 1 atom stereocenters. The minimum absolute atomic E-state index is 0.00682. The fourth-order valence-corrected chi connectivity index (χ4v) is 2.34. The van der Waals surface area contributed by atoms with E-state index in [-0.39, 0.29) is 22.6 Å². The molecule has 1 N–H and O–H groups in total. The summed E-state index contributed by atoms with van der Waals surface area (Å²) in [6.07, 6.45) is 3.10. The van der Waals surface area contributed by atoms with Crippen molar-refractivity contribution in [2.45, 2.75) is 26.8 Å². The molecule has 0 fully saturated rings. The van der Waals surface area contributed by atoms with Crippen LogP contribution in [0.5, 0.6) is 0 Å². The van der Waals surface area contributed by atoms with E-state index >= 15 is 0 Å². The Balaban J connectivity index is 2.89. The van der Waals surface area contributed by atoms with Gasteiger partial charge < -0.3 is 5.32 Å². The van der Waals surface area contributed by atoms with Crippen LogP contribution in [0.15, 0.2) is 6.20 Å². The predicted molar refractivity (Wildman–Crippen MR) is 72.2 cm³/mol. The van der Waals surface area contributed by atoms with Gasteiger partial charge >= 0.3 is 0 Å². The van der Waals surface area contributed by atoms with Crippen molar-refractivity contribution >= 4 is 29.2 Å². The number of nitrogens with zero attached hydrogens (tertiary/aromatic N) is 2. The highest BCUT2D eigenvalue weighted by molar-refractivity contribution is 7.98. The molecule has 0 unspecified atom stereocenters. The molecule has 0 aliphatic heterocycles.